The maximum absolute atomic E-state index is 11.9. The molecule has 0 amide bonds. The van der Waals surface area contributed by atoms with Crippen LogP contribution in [0.3, 0.4) is 0 Å². The van der Waals surface area contributed by atoms with Crippen LogP contribution in [0.15, 0.2) is 0 Å². The van der Waals surface area contributed by atoms with E-state index in [1.165, 1.54) is 12.8 Å². The molecule has 0 spiro atoms. The van der Waals surface area contributed by atoms with Crippen LogP contribution in [0.25, 0.3) is 0 Å². The van der Waals surface area contributed by atoms with E-state index < -0.39 is 8.07 Å². The molecular weight excluding hydrogens is 212 g/mol. The summed E-state index contributed by atoms with van der Waals surface area (Å²) >= 11 is 0. The van der Waals surface area contributed by atoms with Gasteiger partial charge in [-0.15, -0.1) is 0 Å². The third-order valence-corrected chi connectivity index (χ3v) is 6.23. The Labute approximate surface area is 103 Å². The number of hydrogen-bond acceptors (Lipinski definition) is 1. The lowest BCUT2D eigenvalue weighted by Gasteiger charge is -2.34. The Bertz CT molecular complexity index is 215. The summed E-state index contributed by atoms with van der Waals surface area (Å²) in [4.78, 5) is 11.9. The zero-order valence-electron chi connectivity index (χ0n) is 12.3. The first kappa shape index (κ1) is 15.9. The molecule has 0 aliphatic heterocycles. The van der Waals surface area contributed by atoms with Crippen LogP contribution >= 0.6 is 0 Å². The highest BCUT2D eigenvalue weighted by Gasteiger charge is 2.35. The Morgan fingerprint density at radius 1 is 1.12 bits per heavy atom. The molecule has 1 nitrogen and oxygen atoms in total. The topological polar surface area (TPSA) is 17.1 Å². The highest BCUT2D eigenvalue weighted by molar-refractivity contribution is 6.80. The van der Waals surface area contributed by atoms with Crippen LogP contribution in [0.1, 0.15) is 47.0 Å². The van der Waals surface area contributed by atoms with Gasteiger partial charge < -0.3 is 4.79 Å². The second-order valence-electron chi connectivity index (χ2n) is 6.59. The summed E-state index contributed by atoms with van der Waals surface area (Å²) in [6.45, 7) is 15.6. The van der Waals surface area contributed by atoms with Gasteiger partial charge in [-0.25, -0.2) is 0 Å². The molecule has 0 fully saturated rings. The van der Waals surface area contributed by atoms with Gasteiger partial charge in [0, 0.05) is 5.54 Å². The number of rotatable bonds is 7. The molecule has 0 aliphatic carbocycles. The van der Waals surface area contributed by atoms with Gasteiger partial charge in [-0.3, -0.25) is 0 Å². The molecule has 0 heterocycles. The zero-order valence-corrected chi connectivity index (χ0v) is 13.3. The smallest absolute Gasteiger partial charge is 0.130 e. The molecule has 0 rings (SSSR count). The highest BCUT2D eigenvalue weighted by Crippen LogP contribution is 2.36. The summed E-state index contributed by atoms with van der Waals surface area (Å²) in [6, 6.07) is 0. The van der Waals surface area contributed by atoms with Crippen LogP contribution in [0, 0.1) is 11.8 Å². The monoisotopic (exact) mass is 242 g/mol. The van der Waals surface area contributed by atoms with Gasteiger partial charge in [-0.2, -0.15) is 0 Å². The minimum atomic E-state index is -1.36. The molecule has 16 heavy (non-hydrogen) atoms. The summed E-state index contributed by atoms with van der Waals surface area (Å²) in [5.74, 6) is 1.80. The quantitative estimate of drug-likeness (QED) is 0.589. The first-order valence-electron chi connectivity index (χ1n) is 6.70. The lowest BCUT2D eigenvalue weighted by Crippen LogP contribution is -2.37. The lowest BCUT2D eigenvalue weighted by atomic mass is 9.91. The largest absolute Gasteiger partial charge is 0.300 e. The van der Waals surface area contributed by atoms with Gasteiger partial charge in [0.1, 0.15) is 5.78 Å². The highest BCUT2D eigenvalue weighted by atomic mass is 28.3. The number of hydrogen-bond donors (Lipinski definition) is 0. The maximum atomic E-state index is 11.9. The molecule has 0 aliphatic rings. The first-order valence-corrected chi connectivity index (χ1v) is 10.3. The molecule has 0 aromatic rings. The van der Waals surface area contributed by atoms with Crippen molar-refractivity contribution in [2.45, 2.75) is 72.1 Å². The second kappa shape index (κ2) is 6.58. The molecule has 0 N–H and O–H groups in total. The Balaban J connectivity index is 4.66. The Hall–Kier alpha value is -0.113. The molecule has 2 heteroatoms. The van der Waals surface area contributed by atoms with Crippen molar-refractivity contribution in [1.29, 1.82) is 0 Å². The normalized spacial score (nSPS) is 16.2. The molecule has 0 aromatic carbocycles. The fourth-order valence-electron chi connectivity index (χ4n) is 2.80. The Kier molecular flexibility index (Phi) is 6.53. The van der Waals surface area contributed by atoms with E-state index in [4.69, 9.17) is 0 Å². The summed E-state index contributed by atoms with van der Waals surface area (Å²) < 4.78 is 0. The Morgan fingerprint density at radius 3 is 1.88 bits per heavy atom. The molecule has 2 atom stereocenters. The maximum Gasteiger partial charge on any atom is 0.130 e. The number of carbonyl (C=O) groups excluding carboxylic acids is 1. The molecule has 0 aromatic heterocycles. The van der Waals surface area contributed by atoms with E-state index in [9.17, 15) is 4.79 Å². The molecule has 2 unspecified atom stereocenters. The number of Topliss-reactive ketones (excluding diaryl/α,β-unsaturated/α-hetero) is 1. The van der Waals surface area contributed by atoms with Gasteiger partial charge in [0.15, 0.2) is 0 Å². The minimum absolute atomic E-state index is 0.358. The molecule has 0 bridgehead atoms. The minimum Gasteiger partial charge on any atom is -0.300 e. The van der Waals surface area contributed by atoms with Gasteiger partial charge in [0.25, 0.3) is 0 Å². The number of carbonyl (C=O) groups is 1. The van der Waals surface area contributed by atoms with Gasteiger partial charge in [0.05, 0.1) is 8.07 Å². The fraction of sp³-hybridized carbons (Fsp3) is 0.929. The summed E-state index contributed by atoms with van der Waals surface area (Å²) in [5, 5.41) is 0. The van der Waals surface area contributed by atoms with E-state index in [0.717, 1.165) is 12.3 Å². The second-order valence-corrected chi connectivity index (χ2v) is 11.9. The van der Waals surface area contributed by atoms with E-state index in [0.29, 0.717) is 17.2 Å². The van der Waals surface area contributed by atoms with E-state index >= 15 is 0 Å². The van der Waals surface area contributed by atoms with Crippen LogP contribution in [0.2, 0.25) is 25.2 Å². The van der Waals surface area contributed by atoms with Crippen LogP contribution in [-0.4, -0.2) is 13.9 Å². The number of ketones is 1. The standard InChI is InChI=1S/C14H30OSi/c1-8-13(10-9-11(2)3)14(12(4)15)16(5,6)7/h11,13-14H,8-10H2,1-7H3. The van der Waals surface area contributed by atoms with Crippen molar-refractivity contribution in [1.82, 2.24) is 0 Å². The van der Waals surface area contributed by atoms with Gasteiger partial charge in [0.2, 0.25) is 0 Å². The van der Waals surface area contributed by atoms with Gasteiger partial charge in [-0.1, -0.05) is 53.3 Å². The third kappa shape index (κ3) is 5.29. The molecule has 0 radical (unpaired) electrons. The van der Waals surface area contributed by atoms with Crippen molar-refractivity contribution in [2.24, 2.45) is 11.8 Å². The molecule has 0 saturated heterocycles. The SMILES string of the molecule is CCC(CCC(C)C)C(C(C)=O)[Si](C)(C)C. The van der Waals surface area contributed by atoms with Crippen molar-refractivity contribution >= 4 is 13.9 Å². The average molecular weight is 242 g/mol. The van der Waals surface area contributed by atoms with E-state index in [2.05, 4.69) is 40.4 Å². The van der Waals surface area contributed by atoms with E-state index in [-0.39, 0.29) is 0 Å². The Morgan fingerprint density at radius 2 is 1.62 bits per heavy atom. The average Bonchev–Trinajstić information content (AvgIpc) is 2.08. The predicted octanol–water partition coefficient (Wildman–Crippen LogP) is 4.75. The third-order valence-electron chi connectivity index (χ3n) is 3.48. The summed E-state index contributed by atoms with van der Waals surface area (Å²) in [5.41, 5.74) is 0.358. The fourth-order valence-corrected chi connectivity index (χ4v) is 5.84. The van der Waals surface area contributed by atoms with Crippen LogP contribution in [-0.2, 0) is 4.79 Å². The predicted molar refractivity (Wildman–Crippen MR) is 75.6 cm³/mol. The van der Waals surface area contributed by atoms with Gasteiger partial charge in [-0.05, 0) is 25.2 Å². The molecular formula is C14H30OSi. The van der Waals surface area contributed by atoms with Crippen molar-refractivity contribution in [2.75, 3.05) is 0 Å². The van der Waals surface area contributed by atoms with Gasteiger partial charge >= 0.3 is 0 Å². The zero-order chi connectivity index (χ0) is 12.9. The molecule has 96 valence electrons. The van der Waals surface area contributed by atoms with Crippen molar-refractivity contribution in [3.05, 3.63) is 0 Å². The van der Waals surface area contributed by atoms with Crippen molar-refractivity contribution in [3.8, 4) is 0 Å². The lowest BCUT2D eigenvalue weighted by molar-refractivity contribution is -0.118. The van der Waals surface area contributed by atoms with E-state index in [1.54, 1.807) is 6.92 Å². The first-order chi connectivity index (χ1) is 7.20. The van der Waals surface area contributed by atoms with Crippen LogP contribution in [0.4, 0.5) is 0 Å². The van der Waals surface area contributed by atoms with E-state index in [1.807, 2.05) is 0 Å². The summed E-state index contributed by atoms with van der Waals surface area (Å²) in [7, 11) is -1.36. The van der Waals surface area contributed by atoms with Crippen LogP contribution < -0.4 is 0 Å². The van der Waals surface area contributed by atoms with Crippen molar-refractivity contribution < 1.29 is 4.79 Å². The summed E-state index contributed by atoms with van der Waals surface area (Å²) in [6.07, 6.45) is 3.64. The van der Waals surface area contributed by atoms with Crippen LogP contribution in [0.5, 0.6) is 0 Å². The molecule has 0 saturated carbocycles. The van der Waals surface area contributed by atoms with Crippen molar-refractivity contribution in [3.63, 3.8) is 0 Å².